The molecule has 6 heteroatoms. The molecule has 2 heterocycles. The molecule has 1 aromatic heterocycles. The minimum atomic E-state index is -0.476. The summed E-state index contributed by atoms with van der Waals surface area (Å²) in [7, 11) is 1.69. The minimum absolute atomic E-state index is 0.00576. The fourth-order valence-corrected chi connectivity index (χ4v) is 2.93. The second kappa shape index (κ2) is 7.38. The molecule has 0 aromatic carbocycles. The van der Waals surface area contributed by atoms with Crippen LogP contribution >= 0.6 is 0 Å². The van der Waals surface area contributed by atoms with Crippen molar-refractivity contribution >= 4 is 11.7 Å². The van der Waals surface area contributed by atoms with Crippen molar-refractivity contribution in [2.24, 2.45) is 0 Å². The van der Waals surface area contributed by atoms with E-state index < -0.39 is 5.60 Å². The van der Waals surface area contributed by atoms with Gasteiger partial charge in [-0.25, -0.2) is 4.79 Å². The van der Waals surface area contributed by atoms with Crippen LogP contribution in [-0.4, -0.2) is 52.7 Å². The molecule has 0 saturated heterocycles. The number of hydrogen-bond acceptors (Lipinski definition) is 4. The fraction of sp³-hybridized carbons (Fsp3) is 0.667. The van der Waals surface area contributed by atoms with Crippen LogP contribution in [0.2, 0.25) is 0 Å². The van der Waals surface area contributed by atoms with Gasteiger partial charge in [0.2, 0.25) is 0 Å². The van der Waals surface area contributed by atoms with Crippen LogP contribution in [0.25, 0.3) is 5.57 Å². The van der Waals surface area contributed by atoms with E-state index in [2.05, 4.69) is 18.1 Å². The summed E-state index contributed by atoms with van der Waals surface area (Å²) in [6.07, 6.45) is 4.57. The number of aryl methyl sites for hydroxylation is 1. The van der Waals surface area contributed by atoms with Crippen molar-refractivity contribution in [2.75, 3.05) is 20.3 Å². The Morgan fingerprint density at radius 2 is 2.12 bits per heavy atom. The highest BCUT2D eigenvalue weighted by Gasteiger charge is 2.29. The van der Waals surface area contributed by atoms with E-state index >= 15 is 0 Å². The van der Waals surface area contributed by atoms with Gasteiger partial charge in [-0.2, -0.15) is 5.10 Å². The maximum absolute atomic E-state index is 12.3. The number of hydrogen-bond donors (Lipinski definition) is 0. The van der Waals surface area contributed by atoms with Crippen molar-refractivity contribution in [3.63, 3.8) is 0 Å². The lowest BCUT2D eigenvalue weighted by Crippen LogP contribution is -2.43. The highest BCUT2D eigenvalue weighted by Crippen LogP contribution is 2.28. The normalized spacial score (nSPS) is 18.5. The van der Waals surface area contributed by atoms with E-state index in [0.29, 0.717) is 13.2 Å². The van der Waals surface area contributed by atoms with Crippen LogP contribution in [0.15, 0.2) is 12.3 Å². The van der Waals surface area contributed by atoms with E-state index in [0.717, 1.165) is 24.2 Å². The van der Waals surface area contributed by atoms with Crippen molar-refractivity contribution in [3.8, 4) is 0 Å². The van der Waals surface area contributed by atoms with Crippen LogP contribution in [0.4, 0.5) is 4.79 Å². The summed E-state index contributed by atoms with van der Waals surface area (Å²) in [6, 6.07) is -0.00576. The maximum Gasteiger partial charge on any atom is 0.410 e. The molecule has 0 fully saturated rings. The summed E-state index contributed by atoms with van der Waals surface area (Å²) in [5, 5.41) is 4.45. The van der Waals surface area contributed by atoms with Gasteiger partial charge in [-0.15, -0.1) is 0 Å². The Kier molecular flexibility index (Phi) is 5.70. The molecule has 134 valence electrons. The van der Waals surface area contributed by atoms with Gasteiger partial charge in [0.25, 0.3) is 0 Å². The Morgan fingerprint density at radius 1 is 1.42 bits per heavy atom. The number of methoxy groups -OCH3 is 1. The van der Waals surface area contributed by atoms with Gasteiger partial charge in [0.15, 0.2) is 0 Å². The summed E-state index contributed by atoms with van der Waals surface area (Å²) in [6.45, 7) is 11.8. The van der Waals surface area contributed by atoms with E-state index in [9.17, 15) is 4.79 Å². The molecule has 1 amide bonds. The van der Waals surface area contributed by atoms with E-state index in [4.69, 9.17) is 9.47 Å². The van der Waals surface area contributed by atoms with Crippen molar-refractivity contribution in [1.29, 1.82) is 0 Å². The second-order valence-corrected chi connectivity index (χ2v) is 7.25. The van der Waals surface area contributed by atoms with Crippen LogP contribution in [0.3, 0.4) is 0 Å². The van der Waals surface area contributed by atoms with Crippen LogP contribution < -0.4 is 0 Å². The molecule has 0 radical (unpaired) electrons. The molecule has 0 saturated carbocycles. The Hall–Kier alpha value is -1.82. The van der Waals surface area contributed by atoms with Gasteiger partial charge in [0.05, 0.1) is 31.1 Å². The third kappa shape index (κ3) is 4.38. The van der Waals surface area contributed by atoms with Crippen molar-refractivity contribution < 1.29 is 14.3 Å². The zero-order chi connectivity index (χ0) is 17.9. The number of carbonyl (C=O) groups excluding carboxylic acids is 1. The van der Waals surface area contributed by atoms with Crippen LogP contribution in [0.5, 0.6) is 0 Å². The van der Waals surface area contributed by atoms with Crippen molar-refractivity contribution in [3.05, 3.63) is 23.5 Å². The second-order valence-electron chi connectivity index (χ2n) is 7.25. The molecule has 0 N–H and O–H groups in total. The molecular formula is C18H29N3O3. The zero-order valence-corrected chi connectivity index (χ0v) is 15.6. The molecule has 0 bridgehead atoms. The Labute approximate surface area is 144 Å². The molecule has 1 aromatic rings. The fourth-order valence-electron chi connectivity index (χ4n) is 2.93. The topological polar surface area (TPSA) is 56.6 Å². The summed E-state index contributed by atoms with van der Waals surface area (Å²) in [4.78, 5) is 14.1. The first kappa shape index (κ1) is 18.5. The standard InChI is InChI=1S/C18H29N3O3/c1-13-12-19-21(9-10-23-6)16(13)15-7-8-20(14(2)11-15)17(22)24-18(3,4)5/h11-12,14H,7-10H2,1-6H3/t14-/m1/s1. The van der Waals surface area contributed by atoms with Crippen molar-refractivity contribution in [1.82, 2.24) is 14.7 Å². The summed E-state index contributed by atoms with van der Waals surface area (Å²) in [5.74, 6) is 0. The van der Waals surface area contributed by atoms with Gasteiger partial charge >= 0.3 is 6.09 Å². The monoisotopic (exact) mass is 335 g/mol. The Morgan fingerprint density at radius 3 is 2.71 bits per heavy atom. The number of aromatic nitrogens is 2. The lowest BCUT2D eigenvalue weighted by atomic mass is 9.98. The Bertz CT molecular complexity index is 614. The molecule has 0 aliphatic carbocycles. The first-order valence-electron chi connectivity index (χ1n) is 8.45. The van der Waals surface area contributed by atoms with Crippen LogP contribution in [-0.2, 0) is 16.0 Å². The average Bonchev–Trinajstić information content (AvgIpc) is 2.83. The Balaban J connectivity index is 2.17. The molecule has 24 heavy (non-hydrogen) atoms. The smallest absolute Gasteiger partial charge is 0.410 e. The largest absolute Gasteiger partial charge is 0.444 e. The van der Waals surface area contributed by atoms with Crippen LogP contribution in [0.1, 0.15) is 45.4 Å². The van der Waals surface area contributed by atoms with Gasteiger partial charge in [-0.05, 0) is 52.2 Å². The quantitative estimate of drug-likeness (QED) is 0.847. The van der Waals surface area contributed by atoms with Crippen LogP contribution in [0, 0.1) is 6.92 Å². The molecule has 6 nitrogen and oxygen atoms in total. The van der Waals surface area contributed by atoms with Gasteiger partial charge in [0, 0.05) is 13.7 Å². The highest BCUT2D eigenvalue weighted by atomic mass is 16.6. The summed E-state index contributed by atoms with van der Waals surface area (Å²) < 4.78 is 12.6. The summed E-state index contributed by atoms with van der Waals surface area (Å²) in [5.41, 5.74) is 3.04. The third-order valence-electron chi connectivity index (χ3n) is 4.02. The predicted molar refractivity (Wildman–Crippen MR) is 93.8 cm³/mol. The lowest BCUT2D eigenvalue weighted by molar-refractivity contribution is 0.0209. The molecular weight excluding hydrogens is 306 g/mol. The van der Waals surface area contributed by atoms with Gasteiger partial charge in [0.1, 0.15) is 5.60 Å². The van der Waals surface area contributed by atoms with E-state index in [1.807, 2.05) is 38.6 Å². The SMILES string of the molecule is COCCn1ncc(C)c1C1=C[C@@H](C)N(C(=O)OC(C)(C)C)CC1. The number of rotatable bonds is 4. The highest BCUT2D eigenvalue weighted by molar-refractivity contribution is 5.73. The third-order valence-corrected chi connectivity index (χ3v) is 4.02. The number of amides is 1. The molecule has 0 spiro atoms. The first-order valence-corrected chi connectivity index (χ1v) is 8.45. The molecule has 1 atom stereocenters. The number of carbonyl (C=O) groups is 1. The molecule has 1 aliphatic heterocycles. The van der Waals surface area contributed by atoms with E-state index in [1.54, 1.807) is 12.0 Å². The molecule has 1 aliphatic rings. The van der Waals surface area contributed by atoms with Crippen molar-refractivity contribution in [2.45, 2.75) is 59.2 Å². The molecule has 2 rings (SSSR count). The van der Waals surface area contributed by atoms with Gasteiger partial charge in [-0.3, -0.25) is 4.68 Å². The van der Waals surface area contributed by atoms with Gasteiger partial charge < -0.3 is 14.4 Å². The predicted octanol–water partition coefficient (Wildman–Crippen LogP) is 3.25. The van der Waals surface area contributed by atoms with Gasteiger partial charge in [-0.1, -0.05) is 6.08 Å². The average molecular weight is 335 g/mol. The summed E-state index contributed by atoms with van der Waals surface area (Å²) >= 11 is 0. The van der Waals surface area contributed by atoms with E-state index in [-0.39, 0.29) is 12.1 Å². The van der Waals surface area contributed by atoms with E-state index in [1.165, 1.54) is 5.57 Å². The number of ether oxygens (including phenoxy) is 2. The minimum Gasteiger partial charge on any atom is -0.444 e. The number of nitrogens with zero attached hydrogens (tertiary/aromatic N) is 3. The zero-order valence-electron chi connectivity index (χ0n) is 15.6. The maximum atomic E-state index is 12.3. The molecule has 0 unspecified atom stereocenters. The lowest BCUT2D eigenvalue weighted by Gasteiger charge is -2.34. The first-order chi connectivity index (χ1) is 11.2.